The molecule has 1 saturated heterocycles. The van der Waals surface area contributed by atoms with Crippen LogP contribution in [0.1, 0.15) is 12.8 Å². The van der Waals surface area contributed by atoms with Gasteiger partial charge in [0.25, 0.3) is 0 Å². The maximum atomic E-state index is 11.9. The zero-order valence-electron chi connectivity index (χ0n) is 10.4. The highest BCUT2D eigenvalue weighted by Gasteiger charge is 2.21. The van der Waals surface area contributed by atoms with E-state index in [1.807, 2.05) is 22.9 Å². The lowest BCUT2D eigenvalue weighted by atomic mass is 10.2. The highest BCUT2D eigenvalue weighted by atomic mass is 16.2. The number of hydrogen-bond acceptors (Lipinski definition) is 4. The molecular formula is C13H15N5O. The number of pyridine rings is 1. The molecule has 0 aromatic carbocycles. The van der Waals surface area contributed by atoms with Crippen molar-refractivity contribution >= 4 is 11.6 Å². The Morgan fingerprint density at radius 1 is 1.47 bits per heavy atom. The monoisotopic (exact) mass is 257 g/mol. The Labute approximate surface area is 110 Å². The number of carbonyl (C=O) groups is 1. The molecule has 2 aromatic rings. The second-order valence-corrected chi connectivity index (χ2v) is 4.51. The van der Waals surface area contributed by atoms with E-state index in [9.17, 15) is 4.79 Å². The van der Waals surface area contributed by atoms with Crippen molar-refractivity contribution < 1.29 is 4.79 Å². The van der Waals surface area contributed by atoms with Gasteiger partial charge in [-0.15, -0.1) is 0 Å². The van der Waals surface area contributed by atoms with Crippen LogP contribution in [0.3, 0.4) is 0 Å². The summed E-state index contributed by atoms with van der Waals surface area (Å²) in [5.74, 6) is 0.782. The van der Waals surface area contributed by atoms with E-state index in [1.54, 1.807) is 18.7 Å². The van der Waals surface area contributed by atoms with Crippen LogP contribution in [0.25, 0.3) is 5.82 Å². The predicted octanol–water partition coefficient (Wildman–Crippen LogP) is 0.958. The maximum absolute atomic E-state index is 11.9. The van der Waals surface area contributed by atoms with E-state index in [4.69, 9.17) is 0 Å². The number of nitrogens with zero attached hydrogens (tertiary/aromatic N) is 3. The summed E-state index contributed by atoms with van der Waals surface area (Å²) >= 11 is 0. The number of carbonyl (C=O) groups excluding carboxylic acids is 1. The van der Waals surface area contributed by atoms with Crippen molar-refractivity contribution in [3.63, 3.8) is 0 Å². The third-order valence-electron chi connectivity index (χ3n) is 3.16. The fourth-order valence-corrected chi connectivity index (χ4v) is 2.15. The van der Waals surface area contributed by atoms with Gasteiger partial charge < -0.3 is 10.6 Å². The molecule has 1 fully saturated rings. The largest absolute Gasteiger partial charge is 0.323 e. The molecule has 19 heavy (non-hydrogen) atoms. The average molecular weight is 257 g/mol. The van der Waals surface area contributed by atoms with E-state index in [2.05, 4.69) is 20.6 Å². The Balaban J connectivity index is 1.67. The molecule has 0 spiro atoms. The molecule has 2 aromatic heterocycles. The van der Waals surface area contributed by atoms with Crippen LogP contribution in [0.4, 0.5) is 5.69 Å². The maximum Gasteiger partial charge on any atom is 0.241 e. The van der Waals surface area contributed by atoms with E-state index < -0.39 is 0 Å². The SMILES string of the molecule is O=C(Nc1ccc(-n2ccnc2)nc1)[C@H]1CCCN1. The molecule has 1 aliphatic rings. The summed E-state index contributed by atoms with van der Waals surface area (Å²) in [4.78, 5) is 20.2. The van der Waals surface area contributed by atoms with Crippen molar-refractivity contribution in [3.8, 4) is 5.82 Å². The number of hydrogen-bond donors (Lipinski definition) is 2. The van der Waals surface area contributed by atoms with Crippen LogP contribution in [-0.2, 0) is 4.79 Å². The number of nitrogens with one attached hydrogen (secondary N) is 2. The zero-order chi connectivity index (χ0) is 13.1. The van der Waals surface area contributed by atoms with Gasteiger partial charge in [-0.1, -0.05) is 0 Å². The number of rotatable bonds is 3. The molecular weight excluding hydrogens is 242 g/mol. The Kier molecular flexibility index (Phi) is 3.24. The van der Waals surface area contributed by atoms with Gasteiger partial charge in [0.2, 0.25) is 5.91 Å². The zero-order valence-corrected chi connectivity index (χ0v) is 10.4. The van der Waals surface area contributed by atoms with E-state index in [0.29, 0.717) is 5.69 Å². The van der Waals surface area contributed by atoms with Crippen LogP contribution in [-0.4, -0.2) is 33.0 Å². The van der Waals surface area contributed by atoms with E-state index in [1.165, 1.54) is 0 Å². The van der Waals surface area contributed by atoms with Crippen molar-refractivity contribution in [1.82, 2.24) is 19.9 Å². The highest BCUT2D eigenvalue weighted by molar-refractivity contribution is 5.94. The van der Waals surface area contributed by atoms with Gasteiger partial charge in [-0.25, -0.2) is 9.97 Å². The Hall–Kier alpha value is -2.21. The first kappa shape index (κ1) is 11.9. The van der Waals surface area contributed by atoms with Crippen LogP contribution in [0, 0.1) is 0 Å². The second kappa shape index (κ2) is 5.19. The number of imidazole rings is 1. The van der Waals surface area contributed by atoms with E-state index >= 15 is 0 Å². The minimum atomic E-state index is -0.0756. The number of aromatic nitrogens is 3. The van der Waals surface area contributed by atoms with Gasteiger partial charge in [0.15, 0.2) is 0 Å². The number of anilines is 1. The summed E-state index contributed by atoms with van der Waals surface area (Å²) in [6, 6.07) is 3.61. The second-order valence-electron chi connectivity index (χ2n) is 4.51. The van der Waals surface area contributed by atoms with E-state index in [0.717, 1.165) is 25.2 Å². The Bertz CT molecular complexity index is 543. The molecule has 3 heterocycles. The predicted molar refractivity (Wildman–Crippen MR) is 71.0 cm³/mol. The lowest BCUT2D eigenvalue weighted by Crippen LogP contribution is -2.35. The Morgan fingerprint density at radius 3 is 3.05 bits per heavy atom. The molecule has 98 valence electrons. The highest BCUT2D eigenvalue weighted by Crippen LogP contribution is 2.12. The van der Waals surface area contributed by atoms with Gasteiger partial charge in [0, 0.05) is 12.4 Å². The fourth-order valence-electron chi connectivity index (χ4n) is 2.15. The standard InChI is InChI=1S/C13H15N5O/c19-13(11-2-1-5-15-11)17-10-3-4-12(16-8-10)18-7-6-14-9-18/h3-4,6-9,11,15H,1-2,5H2,(H,17,19)/t11-/m1/s1. The van der Waals surface area contributed by atoms with Gasteiger partial charge in [-0.3, -0.25) is 9.36 Å². The number of amides is 1. The summed E-state index contributed by atoms with van der Waals surface area (Å²) in [5, 5.41) is 6.03. The van der Waals surface area contributed by atoms with Crippen molar-refractivity contribution in [3.05, 3.63) is 37.1 Å². The molecule has 0 aliphatic carbocycles. The minimum absolute atomic E-state index is 0.00896. The Morgan fingerprint density at radius 2 is 2.42 bits per heavy atom. The van der Waals surface area contributed by atoms with Gasteiger partial charge in [0.1, 0.15) is 12.1 Å². The average Bonchev–Trinajstić information content (AvgIpc) is 3.13. The van der Waals surface area contributed by atoms with Crippen LogP contribution in [0.2, 0.25) is 0 Å². The van der Waals surface area contributed by atoms with E-state index in [-0.39, 0.29) is 11.9 Å². The third-order valence-corrected chi connectivity index (χ3v) is 3.16. The molecule has 6 nitrogen and oxygen atoms in total. The van der Waals surface area contributed by atoms with Crippen molar-refractivity contribution in [2.75, 3.05) is 11.9 Å². The third kappa shape index (κ3) is 2.63. The first-order valence-corrected chi connectivity index (χ1v) is 6.31. The first-order valence-electron chi connectivity index (χ1n) is 6.31. The van der Waals surface area contributed by atoms with Gasteiger partial charge in [-0.2, -0.15) is 0 Å². The van der Waals surface area contributed by atoms with Crippen LogP contribution >= 0.6 is 0 Å². The van der Waals surface area contributed by atoms with Gasteiger partial charge in [0.05, 0.1) is 17.9 Å². The fraction of sp³-hybridized carbons (Fsp3) is 0.308. The molecule has 2 N–H and O–H groups in total. The summed E-state index contributed by atoms with van der Waals surface area (Å²) in [6.07, 6.45) is 8.81. The molecule has 1 aliphatic heterocycles. The molecule has 0 saturated carbocycles. The molecule has 6 heteroatoms. The van der Waals surface area contributed by atoms with Crippen LogP contribution < -0.4 is 10.6 Å². The van der Waals surface area contributed by atoms with Crippen molar-refractivity contribution in [2.24, 2.45) is 0 Å². The van der Waals surface area contributed by atoms with Crippen LogP contribution in [0.15, 0.2) is 37.1 Å². The normalized spacial score (nSPS) is 18.4. The van der Waals surface area contributed by atoms with Crippen LogP contribution in [0.5, 0.6) is 0 Å². The van der Waals surface area contributed by atoms with Crippen molar-refractivity contribution in [1.29, 1.82) is 0 Å². The van der Waals surface area contributed by atoms with Crippen molar-refractivity contribution in [2.45, 2.75) is 18.9 Å². The molecule has 3 rings (SSSR count). The summed E-state index contributed by atoms with van der Waals surface area (Å²) in [5.41, 5.74) is 0.711. The molecule has 1 atom stereocenters. The summed E-state index contributed by atoms with van der Waals surface area (Å²) < 4.78 is 1.81. The lowest BCUT2D eigenvalue weighted by Gasteiger charge is -2.11. The summed E-state index contributed by atoms with van der Waals surface area (Å²) in [7, 11) is 0. The topological polar surface area (TPSA) is 71.8 Å². The minimum Gasteiger partial charge on any atom is -0.323 e. The summed E-state index contributed by atoms with van der Waals surface area (Å²) in [6.45, 7) is 0.913. The molecule has 1 amide bonds. The lowest BCUT2D eigenvalue weighted by molar-refractivity contribution is -0.117. The first-order chi connectivity index (χ1) is 9.33. The smallest absolute Gasteiger partial charge is 0.241 e. The van der Waals surface area contributed by atoms with Gasteiger partial charge in [-0.05, 0) is 31.5 Å². The molecule has 0 bridgehead atoms. The molecule has 0 radical (unpaired) electrons. The molecule has 0 unspecified atom stereocenters. The van der Waals surface area contributed by atoms with Gasteiger partial charge >= 0.3 is 0 Å². The quantitative estimate of drug-likeness (QED) is 0.859.